The van der Waals surface area contributed by atoms with Gasteiger partial charge in [0.1, 0.15) is 0 Å². The molecule has 0 aromatic heterocycles. The molecule has 1 aromatic rings. The lowest BCUT2D eigenvalue weighted by molar-refractivity contribution is 0.0992. The predicted molar refractivity (Wildman–Crippen MR) is 70.8 cm³/mol. The highest BCUT2D eigenvalue weighted by molar-refractivity contribution is 5.13. The first-order valence-corrected chi connectivity index (χ1v) is 6.19. The second-order valence-corrected chi connectivity index (χ2v) is 4.04. The molecular weight excluding hydrogens is 228 g/mol. The van der Waals surface area contributed by atoms with E-state index in [0.29, 0.717) is 19.6 Å². The Kier molecular flexibility index (Phi) is 7.90. The smallest absolute Gasteiger partial charge is 0.0879 e. The fourth-order valence-corrected chi connectivity index (χ4v) is 1.37. The van der Waals surface area contributed by atoms with Gasteiger partial charge < -0.3 is 14.9 Å². The Morgan fingerprint density at radius 3 is 2.67 bits per heavy atom. The topological polar surface area (TPSA) is 49.7 Å². The summed E-state index contributed by atoms with van der Waals surface area (Å²) in [5.74, 6) is 5.78. The van der Waals surface area contributed by atoms with Crippen LogP contribution in [0.5, 0.6) is 0 Å². The Morgan fingerprint density at radius 1 is 1.17 bits per heavy atom. The molecule has 1 atom stereocenters. The van der Waals surface area contributed by atoms with Gasteiger partial charge in [0.15, 0.2) is 0 Å². The maximum Gasteiger partial charge on any atom is 0.0879 e. The molecule has 0 heterocycles. The Morgan fingerprint density at radius 2 is 1.94 bits per heavy atom. The zero-order chi connectivity index (χ0) is 13.1. The van der Waals surface area contributed by atoms with Crippen LogP contribution in [0.4, 0.5) is 0 Å². The standard InChI is InChI=1S/C15H20O3/c16-12-15(17)10-6-1-2-7-11-18-13-14-8-4-3-5-9-14/h3-5,8-9,15-17H,2,7,10-13H2/t15-/m0/s1. The molecule has 98 valence electrons. The van der Waals surface area contributed by atoms with Crippen molar-refractivity contribution in [3.63, 3.8) is 0 Å². The number of benzene rings is 1. The number of unbranched alkanes of at least 4 members (excludes halogenated alkanes) is 1. The van der Waals surface area contributed by atoms with E-state index in [-0.39, 0.29) is 6.61 Å². The number of aliphatic hydroxyl groups is 2. The summed E-state index contributed by atoms with van der Waals surface area (Å²) in [4.78, 5) is 0. The highest BCUT2D eigenvalue weighted by atomic mass is 16.5. The van der Waals surface area contributed by atoms with Crippen molar-refractivity contribution in [2.45, 2.75) is 32.0 Å². The van der Waals surface area contributed by atoms with E-state index < -0.39 is 6.10 Å². The normalized spacial score (nSPS) is 11.7. The Balaban J connectivity index is 1.99. The summed E-state index contributed by atoms with van der Waals surface area (Å²) in [5.41, 5.74) is 1.18. The van der Waals surface area contributed by atoms with Crippen molar-refractivity contribution in [1.82, 2.24) is 0 Å². The van der Waals surface area contributed by atoms with Gasteiger partial charge in [-0.05, 0) is 12.0 Å². The first-order valence-electron chi connectivity index (χ1n) is 6.19. The number of hydrogen-bond donors (Lipinski definition) is 2. The van der Waals surface area contributed by atoms with E-state index >= 15 is 0 Å². The molecule has 0 spiro atoms. The van der Waals surface area contributed by atoms with Gasteiger partial charge in [-0.25, -0.2) is 0 Å². The van der Waals surface area contributed by atoms with Crippen molar-refractivity contribution in [1.29, 1.82) is 0 Å². The molecule has 0 bridgehead atoms. The summed E-state index contributed by atoms with van der Waals surface area (Å²) in [6, 6.07) is 10.1. The minimum Gasteiger partial charge on any atom is -0.394 e. The van der Waals surface area contributed by atoms with E-state index in [9.17, 15) is 0 Å². The number of aliphatic hydroxyl groups excluding tert-OH is 2. The van der Waals surface area contributed by atoms with Gasteiger partial charge >= 0.3 is 0 Å². The highest BCUT2D eigenvalue weighted by Gasteiger charge is 1.96. The van der Waals surface area contributed by atoms with Crippen LogP contribution in [0, 0.1) is 11.8 Å². The molecular formula is C15H20O3. The van der Waals surface area contributed by atoms with Crippen LogP contribution < -0.4 is 0 Å². The van der Waals surface area contributed by atoms with E-state index in [1.54, 1.807) is 0 Å². The van der Waals surface area contributed by atoms with E-state index in [0.717, 1.165) is 12.8 Å². The molecule has 0 amide bonds. The molecule has 0 unspecified atom stereocenters. The van der Waals surface area contributed by atoms with Crippen molar-refractivity contribution < 1.29 is 14.9 Å². The Bertz CT molecular complexity index is 364. The van der Waals surface area contributed by atoms with Gasteiger partial charge in [0, 0.05) is 19.4 Å². The van der Waals surface area contributed by atoms with Gasteiger partial charge in [-0.3, -0.25) is 0 Å². The maximum atomic E-state index is 9.05. The highest BCUT2D eigenvalue weighted by Crippen LogP contribution is 2.01. The Labute approximate surface area is 108 Å². The zero-order valence-corrected chi connectivity index (χ0v) is 10.5. The molecule has 1 aromatic carbocycles. The summed E-state index contributed by atoms with van der Waals surface area (Å²) in [6.07, 6.45) is 1.26. The fourth-order valence-electron chi connectivity index (χ4n) is 1.37. The lowest BCUT2D eigenvalue weighted by atomic mass is 10.2. The van der Waals surface area contributed by atoms with Crippen LogP contribution in [-0.2, 0) is 11.3 Å². The van der Waals surface area contributed by atoms with E-state index in [4.69, 9.17) is 14.9 Å². The van der Waals surface area contributed by atoms with Crippen molar-refractivity contribution in [2.24, 2.45) is 0 Å². The number of rotatable bonds is 7. The molecule has 3 heteroatoms. The third-order valence-electron chi connectivity index (χ3n) is 2.38. The molecule has 0 aliphatic heterocycles. The molecule has 0 aliphatic rings. The third kappa shape index (κ3) is 7.08. The molecule has 0 radical (unpaired) electrons. The molecule has 3 nitrogen and oxygen atoms in total. The van der Waals surface area contributed by atoms with Gasteiger partial charge in [0.25, 0.3) is 0 Å². The van der Waals surface area contributed by atoms with Gasteiger partial charge in [-0.1, -0.05) is 30.3 Å². The zero-order valence-electron chi connectivity index (χ0n) is 10.5. The van der Waals surface area contributed by atoms with Crippen LogP contribution in [0.2, 0.25) is 0 Å². The van der Waals surface area contributed by atoms with E-state index in [1.807, 2.05) is 30.3 Å². The SMILES string of the molecule is OC[C@@H](O)CC#CCCCOCc1ccccc1. The summed E-state index contributed by atoms with van der Waals surface area (Å²) < 4.78 is 5.51. The molecule has 0 saturated carbocycles. The summed E-state index contributed by atoms with van der Waals surface area (Å²) >= 11 is 0. The van der Waals surface area contributed by atoms with Crippen molar-refractivity contribution >= 4 is 0 Å². The number of ether oxygens (including phenoxy) is 1. The van der Waals surface area contributed by atoms with Gasteiger partial charge in [0.05, 0.1) is 19.3 Å². The fraction of sp³-hybridized carbons (Fsp3) is 0.467. The first-order chi connectivity index (χ1) is 8.83. The third-order valence-corrected chi connectivity index (χ3v) is 2.38. The van der Waals surface area contributed by atoms with E-state index in [2.05, 4.69) is 11.8 Å². The lowest BCUT2D eigenvalue weighted by Crippen LogP contribution is -2.09. The average molecular weight is 248 g/mol. The molecule has 1 rings (SSSR count). The Hall–Kier alpha value is -1.34. The van der Waals surface area contributed by atoms with Crippen LogP contribution in [0.15, 0.2) is 30.3 Å². The summed E-state index contributed by atoms with van der Waals surface area (Å²) in [5, 5.41) is 17.6. The van der Waals surface area contributed by atoms with Crippen LogP contribution in [0.3, 0.4) is 0 Å². The first kappa shape index (κ1) is 14.7. The monoisotopic (exact) mass is 248 g/mol. The molecule has 2 N–H and O–H groups in total. The summed E-state index contributed by atoms with van der Waals surface area (Å²) in [6.45, 7) is 1.10. The average Bonchev–Trinajstić information content (AvgIpc) is 2.42. The minimum atomic E-state index is -0.716. The second kappa shape index (κ2) is 9.67. The quantitative estimate of drug-likeness (QED) is 0.570. The molecule has 0 saturated heterocycles. The van der Waals surface area contributed by atoms with Crippen molar-refractivity contribution in [2.75, 3.05) is 13.2 Å². The van der Waals surface area contributed by atoms with Crippen LogP contribution in [0.25, 0.3) is 0 Å². The van der Waals surface area contributed by atoms with Crippen molar-refractivity contribution in [3.8, 4) is 11.8 Å². The largest absolute Gasteiger partial charge is 0.394 e. The second-order valence-electron chi connectivity index (χ2n) is 4.04. The molecule has 18 heavy (non-hydrogen) atoms. The number of hydrogen-bond acceptors (Lipinski definition) is 3. The minimum absolute atomic E-state index is 0.227. The maximum absolute atomic E-state index is 9.05. The predicted octanol–water partition coefficient (Wildman–Crippen LogP) is 1.73. The van der Waals surface area contributed by atoms with Gasteiger partial charge in [-0.2, -0.15) is 0 Å². The van der Waals surface area contributed by atoms with Crippen LogP contribution >= 0.6 is 0 Å². The van der Waals surface area contributed by atoms with Crippen LogP contribution in [-0.4, -0.2) is 29.5 Å². The van der Waals surface area contributed by atoms with Crippen LogP contribution in [0.1, 0.15) is 24.8 Å². The summed E-state index contributed by atoms with van der Waals surface area (Å²) in [7, 11) is 0. The van der Waals surface area contributed by atoms with Gasteiger partial charge in [0.2, 0.25) is 0 Å². The molecule has 0 fully saturated rings. The lowest BCUT2D eigenvalue weighted by Gasteiger charge is -2.02. The molecule has 0 aliphatic carbocycles. The van der Waals surface area contributed by atoms with Crippen molar-refractivity contribution in [3.05, 3.63) is 35.9 Å². The van der Waals surface area contributed by atoms with E-state index in [1.165, 1.54) is 5.56 Å². The van der Waals surface area contributed by atoms with Gasteiger partial charge in [-0.15, -0.1) is 11.8 Å².